The Labute approximate surface area is 299 Å². The van der Waals surface area contributed by atoms with Crippen molar-refractivity contribution in [1.29, 1.82) is 0 Å². The number of nitrogens with one attached hydrogen (secondary N) is 3. The van der Waals surface area contributed by atoms with Gasteiger partial charge < -0.3 is 29.9 Å². The summed E-state index contributed by atoms with van der Waals surface area (Å²) in [5.74, 6) is -1.56. The van der Waals surface area contributed by atoms with Crippen molar-refractivity contribution in [3.05, 3.63) is 43.1 Å². The Morgan fingerprint density at radius 2 is 1.80 bits per heavy atom. The van der Waals surface area contributed by atoms with Gasteiger partial charge in [-0.05, 0) is 75.1 Å². The van der Waals surface area contributed by atoms with Crippen LogP contribution in [0.3, 0.4) is 0 Å². The monoisotopic (exact) mass is 726 g/mol. The molecule has 3 fully saturated rings. The molecule has 51 heavy (non-hydrogen) atoms. The molecule has 5 atom stereocenters. The summed E-state index contributed by atoms with van der Waals surface area (Å²) in [5, 5.41) is 6.57. The number of benzene rings is 1. The van der Waals surface area contributed by atoms with Gasteiger partial charge >= 0.3 is 6.03 Å². The third-order valence-electron chi connectivity index (χ3n) is 10.0. The van der Waals surface area contributed by atoms with Gasteiger partial charge in [0.1, 0.15) is 29.5 Å². The van der Waals surface area contributed by atoms with Gasteiger partial charge in [-0.3, -0.25) is 19.1 Å². The van der Waals surface area contributed by atoms with Crippen LogP contribution in [0.25, 0.3) is 10.8 Å². The second-order valence-corrected chi connectivity index (χ2v) is 17.8. The molecule has 3 N–H and O–H groups in total. The fourth-order valence-corrected chi connectivity index (χ4v) is 7.60. The summed E-state index contributed by atoms with van der Waals surface area (Å²) >= 11 is 0. The summed E-state index contributed by atoms with van der Waals surface area (Å²) in [7, 11) is -0.679. The van der Waals surface area contributed by atoms with Crippen LogP contribution in [-0.4, -0.2) is 102 Å². The number of amides is 5. The SMILES string of the molecule is C=CC1CC1(NC(=O)C1CC(Oc2nccc3cc(OC)ccc23)CN1C(=O)C(NC(=O)N(C)C(C)(C)C)C(C)(C)C)C(=O)NS(=O)(=O)C1CC1. The fraction of sp³-hybridized carbons (Fsp3) is 0.583. The van der Waals surface area contributed by atoms with E-state index in [1.165, 1.54) is 15.9 Å². The lowest BCUT2D eigenvalue weighted by molar-refractivity contribution is -0.142. The fourth-order valence-electron chi connectivity index (χ4n) is 6.24. The Hall–Kier alpha value is -4.40. The highest BCUT2D eigenvalue weighted by molar-refractivity contribution is 7.91. The van der Waals surface area contributed by atoms with E-state index in [9.17, 15) is 27.6 Å². The number of sulfonamides is 1. The number of likely N-dealkylation sites (tertiary alicyclic amines) is 1. The highest BCUT2D eigenvalue weighted by Gasteiger charge is 2.62. The normalized spacial score (nSPS) is 23.9. The van der Waals surface area contributed by atoms with Gasteiger partial charge in [0.05, 0.1) is 18.9 Å². The molecule has 5 rings (SSSR count). The van der Waals surface area contributed by atoms with E-state index in [1.807, 2.05) is 59.7 Å². The van der Waals surface area contributed by atoms with Gasteiger partial charge in [-0.1, -0.05) is 26.8 Å². The summed E-state index contributed by atoms with van der Waals surface area (Å²) in [5.41, 5.74) is -2.85. The lowest BCUT2D eigenvalue weighted by Crippen LogP contribution is -2.61. The lowest BCUT2D eigenvalue weighted by atomic mass is 9.85. The molecule has 1 saturated heterocycles. The molecule has 14 nitrogen and oxygen atoms in total. The molecule has 15 heteroatoms. The topological polar surface area (TPSA) is 176 Å². The molecule has 3 aliphatic rings. The number of carbonyl (C=O) groups excluding carboxylic acids is 4. The highest BCUT2D eigenvalue weighted by Crippen LogP contribution is 2.45. The quantitative estimate of drug-likeness (QED) is 0.294. The van der Waals surface area contributed by atoms with Crippen molar-refractivity contribution in [1.82, 2.24) is 30.1 Å². The summed E-state index contributed by atoms with van der Waals surface area (Å²) in [4.78, 5) is 63.0. The standard InChI is InChI=1S/C36H50N6O8S/c1-10-22-19-36(22,32(45)40-51(47,48)25-12-13-25)39-29(43)27-18-24(50-30-26-14-11-23(49-9)17-21(26)15-16-37-30)20-42(27)31(44)28(34(2,3)4)38-33(46)41(8)35(5,6)7/h10-11,14-17,22,24-25,27-28H,1,12-13,18-20H2,2-9H3,(H,38,46)(H,39,43)(H,40,45). The van der Waals surface area contributed by atoms with E-state index in [-0.39, 0.29) is 19.4 Å². The molecule has 0 radical (unpaired) electrons. The first kappa shape index (κ1) is 37.8. The largest absolute Gasteiger partial charge is 0.497 e. The second kappa shape index (κ2) is 13.6. The zero-order chi connectivity index (χ0) is 37.7. The van der Waals surface area contributed by atoms with Crippen molar-refractivity contribution in [3.63, 3.8) is 0 Å². The maximum absolute atomic E-state index is 14.6. The number of hydrogen-bond acceptors (Lipinski definition) is 9. The van der Waals surface area contributed by atoms with Crippen molar-refractivity contribution in [2.75, 3.05) is 20.7 Å². The molecule has 2 heterocycles. The van der Waals surface area contributed by atoms with Gasteiger partial charge in [0, 0.05) is 36.5 Å². The molecule has 2 saturated carbocycles. The van der Waals surface area contributed by atoms with Crippen LogP contribution < -0.4 is 24.8 Å². The number of hydrogen-bond donors (Lipinski definition) is 3. The van der Waals surface area contributed by atoms with E-state index in [1.54, 1.807) is 26.4 Å². The molecule has 278 valence electrons. The first-order chi connectivity index (χ1) is 23.7. The number of nitrogens with zero attached hydrogens (tertiary/aromatic N) is 3. The minimum absolute atomic E-state index is 0.0250. The molecule has 5 unspecified atom stereocenters. The van der Waals surface area contributed by atoms with Gasteiger partial charge in [-0.15, -0.1) is 6.58 Å². The van der Waals surface area contributed by atoms with Gasteiger partial charge in [-0.25, -0.2) is 18.2 Å². The number of aromatic nitrogens is 1. The number of pyridine rings is 1. The first-order valence-corrected chi connectivity index (χ1v) is 18.7. The van der Waals surface area contributed by atoms with Gasteiger partial charge in [0.2, 0.25) is 27.7 Å². The lowest BCUT2D eigenvalue weighted by Gasteiger charge is -2.38. The average molecular weight is 727 g/mol. The van der Waals surface area contributed by atoms with Crippen molar-refractivity contribution in [3.8, 4) is 11.6 Å². The third-order valence-corrected chi connectivity index (χ3v) is 11.8. The van der Waals surface area contributed by atoms with Crippen LogP contribution in [-0.2, 0) is 24.4 Å². The maximum atomic E-state index is 14.6. The van der Waals surface area contributed by atoms with Crippen LogP contribution in [0.1, 0.15) is 67.2 Å². The summed E-state index contributed by atoms with van der Waals surface area (Å²) < 4.78 is 39.3. The summed E-state index contributed by atoms with van der Waals surface area (Å²) in [6.45, 7) is 14.8. The number of rotatable bonds is 11. The number of carbonyl (C=O) groups is 4. The molecule has 2 aromatic rings. The van der Waals surface area contributed by atoms with Crippen molar-refractivity contribution in [2.24, 2.45) is 11.3 Å². The zero-order valence-electron chi connectivity index (χ0n) is 30.6. The molecular formula is C36H50N6O8S. The third kappa shape index (κ3) is 7.92. The van der Waals surface area contributed by atoms with Crippen molar-refractivity contribution >= 4 is 44.5 Å². The van der Waals surface area contributed by atoms with Crippen molar-refractivity contribution < 1.29 is 37.1 Å². The van der Waals surface area contributed by atoms with Gasteiger partial charge in [0.15, 0.2) is 0 Å². The van der Waals surface area contributed by atoms with Crippen LogP contribution >= 0.6 is 0 Å². The Balaban J connectivity index is 1.45. The Bertz CT molecular complexity index is 1830. The Morgan fingerprint density at radius 3 is 2.37 bits per heavy atom. The van der Waals surface area contributed by atoms with E-state index < -0.39 is 79.6 Å². The minimum atomic E-state index is -3.89. The van der Waals surface area contributed by atoms with E-state index in [0.717, 1.165) is 5.39 Å². The van der Waals surface area contributed by atoms with E-state index in [4.69, 9.17) is 9.47 Å². The number of methoxy groups -OCH3 is 1. The minimum Gasteiger partial charge on any atom is -0.497 e. The molecule has 1 aromatic heterocycles. The van der Waals surface area contributed by atoms with Crippen LogP contribution in [0.2, 0.25) is 0 Å². The average Bonchev–Trinajstić information content (AvgIpc) is 3.98. The maximum Gasteiger partial charge on any atom is 0.318 e. The number of fused-ring (bicyclic) bond motifs is 1. The van der Waals surface area contributed by atoms with Crippen molar-refractivity contribution in [2.45, 2.75) is 102 Å². The van der Waals surface area contributed by atoms with Gasteiger partial charge in [0.25, 0.3) is 5.91 Å². The molecule has 5 amide bonds. The molecule has 0 bridgehead atoms. The summed E-state index contributed by atoms with van der Waals surface area (Å²) in [6, 6.07) is 4.62. The van der Waals surface area contributed by atoms with E-state index in [2.05, 4.69) is 26.9 Å². The number of ether oxygens (including phenoxy) is 2. The molecular weight excluding hydrogens is 676 g/mol. The smallest absolute Gasteiger partial charge is 0.318 e. The summed E-state index contributed by atoms with van der Waals surface area (Å²) in [6.07, 6.45) is 3.51. The first-order valence-electron chi connectivity index (χ1n) is 17.2. The van der Waals surface area contributed by atoms with Gasteiger partial charge in [-0.2, -0.15) is 0 Å². The Kier molecular flexibility index (Phi) is 10.1. The zero-order valence-corrected chi connectivity index (χ0v) is 31.4. The molecule has 0 spiro atoms. The second-order valence-electron chi connectivity index (χ2n) is 15.8. The number of urea groups is 1. The van der Waals surface area contributed by atoms with Crippen LogP contribution in [0, 0.1) is 11.3 Å². The Morgan fingerprint density at radius 1 is 1.12 bits per heavy atom. The van der Waals surface area contributed by atoms with Crippen LogP contribution in [0.15, 0.2) is 43.1 Å². The molecule has 1 aromatic carbocycles. The van der Waals surface area contributed by atoms with E-state index in [0.29, 0.717) is 29.9 Å². The van der Waals surface area contributed by atoms with Crippen LogP contribution in [0.5, 0.6) is 11.6 Å². The highest BCUT2D eigenvalue weighted by atomic mass is 32.2. The molecule has 1 aliphatic heterocycles. The van der Waals surface area contributed by atoms with Crippen LogP contribution in [0.4, 0.5) is 4.79 Å². The van der Waals surface area contributed by atoms with E-state index >= 15 is 0 Å². The predicted octanol–water partition coefficient (Wildman–Crippen LogP) is 3.12. The predicted molar refractivity (Wildman–Crippen MR) is 191 cm³/mol. The molecule has 2 aliphatic carbocycles.